The summed E-state index contributed by atoms with van der Waals surface area (Å²) in [5, 5.41) is 8.07. The summed E-state index contributed by atoms with van der Waals surface area (Å²) in [5.74, 6) is 0. The van der Waals surface area contributed by atoms with Crippen molar-refractivity contribution in [3.63, 3.8) is 0 Å². The van der Waals surface area contributed by atoms with Gasteiger partial charge < -0.3 is 4.90 Å². The zero-order chi connectivity index (χ0) is 7.23. The Labute approximate surface area is 61.5 Å². The van der Waals surface area contributed by atoms with Crippen LogP contribution >= 0.6 is 0 Å². The zero-order valence-corrected chi connectivity index (χ0v) is 6.25. The number of likely N-dealkylation sites (tertiary alicyclic amines) is 1. The molecule has 0 aromatic carbocycles. The average Bonchev–Trinajstić information content (AvgIpc) is 2.03. The van der Waals surface area contributed by atoms with E-state index in [1.807, 2.05) is 0 Å². The zero-order valence-electron chi connectivity index (χ0n) is 6.25. The highest BCUT2D eigenvalue weighted by Gasteiger charge is 2.08. The maximum atomic E-state index is 8.07. The molecule has 0 aliphatic carbocycles. The maximum absolute atomic E-state index is 8.07. The predicted octanol–water partition coefficient (Wildman–Crippen LogP) is 0.962. The second-order valence-electron chi connectivity index (χ2n) is 2.74. The first-order chi connectivity index (χ1) is 4.93. The van der Waals surface area contributed by atoms with Crippen LogP contribution in [-0.4, -0.2) is 36.4 Å². The molecule has 60 valence electrons. The van der Waals surface area contributed by atoms with E-state index in [1.54, 1.807) is 0 Å². The van der Waals surface area contributed by atoms with Crippen LogP contribution in [0, 0.1) is 0 Å². The molecule has 0 aromatic heterocycles. The van der Waals surface area contributed by atoms with Crippen LogP contribution in [0.1, 0.15) is 19.3 Å². The first-order valence-corrected chi connectivity index (χ1v) is 3.92. The molecular formula is C7H15NO2. The lowest BCUT2D eigenvalue weighted by Gasteiger charge is -2.25. The first-order valence-electron chi connectivity index (χ1n) is 3.92. The summed E-state index contributed by atoms with van der Waals surface area (Å²) in [6.45, 7) is 3.66. The molecule has 0 unspecified atom stereocenters. The molecule has 0 spiro atoms. The molecule has 3 heteroatoms. The highest BCUT2D eigenvalue weighted by atomic mass is 17.1. The molecule has 0 atom stereocenters. The van der Waals surface area contributed by atoms with E-state index in [2.05, 4.69) is 9.79 Å². The normalized spacial score (nSPS) is 21.3. The lowest BCUT2D eigenvalue weighted by molar-refractivity contribution is -0.244. The summed E-state index contributed by atoms with van der Waals surface area (Å²) in [7, 11) is 0. The van der Waals surface area contributed by atoms with Crippen molar-refractivity contribution in [2.75, 3.05) is 26.2 Å². The Balaban J connectivity index is 2.02. The standard InChI is InChI=1S/C7H15NO2/c9-10-7-6-8-4-2-1-3-5-8/h9H,1-7H2. The predicted molar refractivity (Wildman–Crippen MR) is 38.9 cm³/mol. The maximum Gasteiger partial charge on any atom is 0.0946 e. The van der Waals surface area contributed by atoms with Gasteiger partial charge in [-0.25, -0.2) is 4.89 Å². The quantitative estimate of drug-likeness (QED) is 0.474. The van der Waals surface area contributed by atoms with Crippen LogP contribution in [0.5, 0.6) is 0 Å². The summed E-state index contributed by atoms with van der Waals surface area (Å²) < 4.78 is 0. The van der Waals surface area contributed by atoms with Gasteiger partial charge in [0.1, 0.15) is 0 Å². The van der Waals surface area contributed by atoms with Crippen LogP contribution in [-0.2, 0) is 4.89 Å². The van der Waals surface area contributed by atoms with E-state index in [1.165, 1.54) is 32.4 Å². The molecule has 0 bridgehead atoms. The van der Waals surface area contributed by atoms with Crippen molar-refractivity contribution < 1.29 is 10.1 Å². The van der Waals surface area contributed by atoms with Crippen molar-refractivity contribution in [3.8, 4) is 0 Å². The Morgan fingerprint density at radius 3 is 2.50 bits per heavy atom. The van der Waals surface area contributed by atoms with E-state index >= 15 is 0 Å². The summed E-state index contributed by atoms with van der Waals surface area (Å²) in [4.78, 5) is 6.32. The van der Waals surface area contributed by atoms with Gasteiger partial charge in [0, 0.05) is 6.54 Å². The van der Waals surface area contributed by atoms with Crippen LogP contribution < -0.4 is 0 Å². The van der Waals surface area contributed by atoms with Crippen molar-refractivity contribution in [1.82, 2.24) is 4.90 Å². The second-order valence-corrected chi connectivity index (χ2v) is 2.74. The van der Waals surface area contributed by atoms with Gasteiger partial charge in [0.15, 0.2) is 0 Å². The third kappa shape index (κ3) is 2.64. The Hall–Kier alpha value is -0.120. The average molecular weight is 145 g/mol. The Bertz CT molecular complexity index is 81.7. The van der Waals surface area contributed by atoms with Crippen LogP contribution in [0.25, 0.3) is 0 Å². The van der Waals surface area contributed by atoms with Crippen LogP contribution in [0.4, 0.5) is 0 Å². The van der Waals surface area contributed by atoms with Gasteiger partial charge in [-0.15, -0.1) is 0 Å². The van der Waals surface area contributed by atoms with Crippen LogP contribution in [0.2, 0.25) is 0 Å². The number of hydrogen-bond donors (Lipinski definition) is 1. The number of piperidine rings is 1. The molecular weight excluding hydrogens is 130 g/mol. The van der Waals surface area contributed by atoms with E-state index in [0.717, 1.165) is 6.54 Å². The topological polar surface area (TPSA) is 32.7 Å². The summed E-state index contributed by atoms with van der Waals surface area (Å²) in [5.41, 5.74) is 0. The third-order valence-electron chi connectivity index (χ3n) is 1.95. The summed E-state index contributed by atoms with van der Waals surface area (Å²) in [6.07, 6.45) is 3.95. The fourth-order valence-corrected chi connectivity index (χ4v) is 1.35. The monoisotopic (exact) mass is 145 g/mol. The molecule has 0 radical (unpaired) electrons. The van der Waals surface area contributed by atoms with Gasteiger partial charge >= 0.3 is 0 Å². The summed E-state index contributed by atoms with van der Waals surface area (Å²) >= 11 is 0. The van der Waals surface area contributed by atoms with Crippen LogP contribution in [0.15, 0.2) is 0 Å². The molecule has 1 heterocycles. The number of rotatable bonds is 3. The minimum Gasteiger partial charge on any atom is -0.301 e. The molecule has 1 saturated heterocycles. The van der Waals surface area contributed by atoms with Gasteiger partial charge in [-0.2, -0.15) is 0 Å². The van der Waals surface area contributed by atoms with Crippen molar-refractivity contribution >= 4 is 0 Å². The largest absolute Gasteiger partial charge is 0.301 e. The van der Waals surface area contributed by atoms with Gasteiger partial charge in [0.2, 0.25) is 0 Å². The van der Waals surface area contributed by atoms with Gasteiger partial charge in [-0.1, -0.05) is 6.42 Å². The van der Waals surface area contributed by atoms with Gasteiger partial charge in [0.25, 0.3) is 0 Å². The summed E-state index contributed by atoms with van der Waals surface area (Å²) in [6, 6.07) is 0. The molecule has 1 N–H and O–H groups in total. The minimum absolute atomic E-state index is 0.444. The van der Waals surface area contributed by atoms with Gasteiger partial charge in [-0.05, 0) is 25.9 Å². The first kappa shape index (κ1) is 7.98. The van der Waals surface area contributed by atoms with Gasteiger partial charge in [-0.3, -0.25) is 5.26 Å². The van der Waals surface area contributed by atoms with Crippen molar-refractivity contribution in [2.24, 2.45) is 0 Å². The smallest absolute Gasteiger partial charge is 0.0946 e. The Kier molecular flexibility index (Phi) is 3.72. The van der Waals surface area contributed by atoms with Crippen LogP contribution in [0.3, 0.4) is 0 Å². The highest BCUT2D eigenvalue weighted by Crippen LogP contribution is 2.07. The fraction of sp³-hybridized carbons (Fsp3) is 1.00. The van der Waals surface area contributed by atoms with E-state index < -0.39 is 0 Å². The number of nitrogens with zero attached hydrogens (tertiary/aromatic N) is 1. The van der Waals surface area contributed by atoms with Crippen molar-refractivity contribution in [2.45, 2.75) is 19.3 Å². The molecule has 3 nitrogen and oxygen atoms in total. The highest BCUT2D eigenvalue weighted by molar-refractivity contribution is 4.63. The molecule has 1 rings (SSSR count). The lowest BCUT2D eigenvalue weighted by atomic mass is 10.1. The molecule has 0 saturated carbocycles. The molecule has 0 aromatic rings. The van der Waals surface area contributed by atoms with Crippen molar-refractivity contribution in [1.29, 1.82) is 0 Å². The Morgan fingerprint density at radius 2 is 1.90 bits per heavy atom. The van der Waals surface area contributed by atoms with Crippen molar-refractivity contribution in [3.05, 3.63) is 0 Å². The van der Waals surface area contributed by atoms with Gasteiger partial charge in [0.05, 0.1) is 6.61 Å². The van der Waals surface area contributed by atoms with E-state index in [4.69, 9.17) is 5.26 Å². The molecule has 10 heavy (non-hydrogen) atoms. The number of hydrogen-bond acceptors (Lipinski definition) is 3. The molecule has 1 fully saturated rings. The Morgan fingerprint density at radius 1 is 1.20 bits per heavy atom. The van der Waals surface area contributed by atoms with E-state index in [0.29, 0.717) is 6.61 Å². The minimum atomic E-state index is 0.444. The fourth-order valence-electron chi connectivity index (χ4n) is 1.35. The van der Waals surface area contributed by atoms with E-state index in [9.17, 15) is 0 Å². The lowest BCUT2D eigenvalue weighted by Crippen LogP contribution is -2.32. The third-order valence-corrected chi connectivity index (χ3v) is 1.95. The SMILES string of the molecule is OOCCN1CCCCC1. The second kappa shape index (κ2) is 4.66. The van der Waals surface area contributed by atoms with E-state index in [-0.39, 0.29) is 0 Å². The molecule has 0 amide bonds. The molecule has 1 aliphatic heterocycles. The molecule has 1 aliphatic rings.